The summed E-state index contributed by atoms with van der Waals surface area (Å²) >= 11 is 6.18. The summed E-state index contributed by atoms with van der Waals surface area (Å²) in [5.41, 5.74) is 0.806. The van der Waals surface area contributed by atoms with E-state index in [-0.39, 0.29) is 0 Å². The molecule has 0 bridgehead atoms. The fraction of sp³-hybridized carbons (Fsp3) is 0.529. The lowest BCUT2D eigenvalue weighted by Crippen LogP contribution is -2.20. The maximum atomic E-state index is 6.18. The Morgan fingerprint density at radius 1 is 1.20 bits per heavy atom. The molecule has 0 saturated heterocycles. The Bertz CT molecular complexity index is 535. The molecule has 3 heteroatoms. The first-order valence-electron chi connectivity index (χ1n) is 7.67. The van der Waals surface area contributed by atoms with Gasteiger partial charge in [0.05, 0.1) is 11.1 Å². The molecule has 0 aliphatic heterocycles. The lowest BCUT2D eigenvalue weighted by molar-refractivity contribution is 0.403. The zero-order valence-corrected chi connectivity index (χ0v) is 13.2. The fourth-order valence-electron chi connectivity index (χ4n) is 2.59. The summed E-state index contributed by atoms with van der Waals surface area (Å²) in [4.78, 5) is 0. The highest BCUT2D eigenvalue weighted by Crippen LogP contribution is 2.31. The molecule has 2 aromatic rings. The van der Waals surface area contributed by atoms with E-state index in [1.165, 1.54) is 25.7 Å². The Labute approximate surface area is 126 Å². The van der Waals surface area contributed by atoms with Crippen molar-refractivity contribution in [2.45, 2.75) is 52.0 Å². The Kier molecular flexibility index (Phi) is 5.93. The van der Waals surface area contributed by atoms with Crippen LogP contribution in [-0.4, -0.2) is 6.54 Å². The third-order valence-electron chi connectivity index (χ3n) is 3.66. The van der Waals surface area contributed by atoms with Crippen molar-refractivity contribution in [1.29, 1.82) is 0 Å². The number of hydrogen-bond donors (Lipinski definition) is 1. The number of para-hydroxylation sites is 1. The topological polar surface area (TPSA) is 25.2 Å². The average Bonchev–Trinajstić information content (AvgIpc) is 2.88. The maximum absolute atomic E-state index is 6.18. The van der Waals surface area contributed by atoms with Crippen molar-refractivity contribution in [3.63, 3.8) is 0 Å². The molecule has 0 aliphatic rings. The molecule has 110 valence electrons. The number of benzene rings is 1. The lowest BCUT2D eigenvalue weighted by atomic mass is 10.0. The van der Waals surface area contributed by atoms with E-state index in [1.54, 1.807) is 0 Å². The van der Waals surface area contributed by atoms with Gasteiger partial charge in [-0.3, -0.25) is 0 Å². The van der Waals surface area contributed by atoms with Crippen molar-refractivity contribution >= 4 is 22.6 Å². The number of furan rings is 1. The van der Waals surface area contributed by atoms with Gasteiger partial charge >= 0.3 is 0 Å². The Morgan fingerprint density at radius 2 is 2.05 bits per heavy atom. The van der Waals surface area contributed by atoms with Crippen LogP contribution in [0.3, 0.4) is 0 Å². The monoisotopic (exact) mass is 293 g/mol. The molecule has 20 heavy (non-hydrogen) atoms. The van der Waals surface area contributed by atoms with E-state index in [2.05, 4.69) is 25.2 Å². The summed E-state index contributed by atoms with van der Waals surface area (Å²) < 4.78 is 5.98. The molecule has 0 fully saturated rings. The van der Waals surface area contributed by atoms with Crippen molar-refractivity contribution in [2.24, 2.45) is 0 Å². The first-order chi connectivity index (χ1) is 9.76. The van der Waals surface area contributed by atoms with Gasteiger partial charge < -0.3 is 9.73 Å². The summed E-state index contributed by atoms with van der Waals surface area (Å²) in [6, 6.07) is 8.30. The summed E-state index contributed by atoms with van der Waals surface area (Å²) in [6.07, 6.45) is 6.22. The van der Waals surface area contributed by atoms with Crippen LogP contribution in [0.5, 0.6) is 0 Å². The zero-order valence-electron chi connectivity index (χ0n) is 12.4. The van der Waals surface area contributed by atoms with Crippen LogP contribution in [-0.2, 0) is 0 Å². The van der Waals surface area contributed by atoms with E-state index in [9.17, 15) is 0 Å². The Morgan fingerprint density at radius 3 is 2.75 bits per heavy atom. The highest BCUT2D eigenvalue weighted by molar-refractivity contribution is 6.34. The first-order valence-corrected chi connectivity index (χ1v) is 8.05. The molecule has 1 aromatic carbocycles. The maximum Gasteiger partial charge on any atom is 0.152 e. The van der Waals surface area contributed by atoms with Crippen molar-refractivity contribution in [1.82, 2.24) is 5.32 Å². The third kappa shape index (κ3) is 3.77. The van der Waals surface area contributed by atoms with Gasteiger partial charge in [0, 0.05) is 5.39 Å². The standard InChI is InChI=1S/C17H24ClNO/c1-3-5-6-7-11-15(19-4-2)16-12-13-9-8-10-14(18)17(13)20-16/h8-10,12,15,19H,3-7,11H2,1-2H3. The second-order valence-electron chi connectivity index (χ2n) is 5.27. The molecular formula is C17H24ClNO. The largest absolute Gasteiger partial charge is 0.458 e. The average molecular weight is 294 g/mol. The number of fused-ring (bicyclic) bond motifs is 1. The second kappa shape index (κ2) is 7.70. The predicted molar refractivity (Wildman–Crippen MR) is 86.4 cm³/mol. The molecular weight excluding hydrogens is 270 g/mol. The van der Waals surface area contributed by atoms with Gasteiger partial charge in [0.25, 0.3) is 0 Å². The van der Waals surface area contributed by atoms with Gasteiger partial charge in [-0.15, -0.1) is 0 Å². The van der Waals surface area contributed by atoms with Crippen LogP contribution in [0.1, 0.15) is 57.8 Å². The fourth-order valence-corrected chi connectivity index (χ4v) is 2.81. The van der Waals surface area contributed by atoms with E-state index in [1.807, 2.05) is 18.2 Å². The number of halogens is 1. The third-order valence-corrected chi connectivity index (χ3v) is 3.95. The molecule has 0 aliphatic carbocycles. The normalized spacial score (nSPS) is 12.9. The van der Waals surface area contributed by atoms with Crippen LogP contribution in [0.25, 0.3) is 11.0 Å². The van der Waals surface area contributed by atoms with Crippen LogP contribution in [0, 0.1) is 0 Å². The van der Waals surface area contributed by atoms with Gasteiger partial charge in [-0.25, -0.2) is 0 Å². The predicted octanol–water partition coefficient (Wildman–Crippen LogP) is 5.71. The number of unbranched alkanes of at least 4 members (excludes halogenated alkanes) is 3. The smallest absolute Gasteiger partial charge is 0.152 e. The van der Waals surface area contributed by atoms with E-state index < -0.39 is 0 Å². The molecule has 1 unspecified atom stereocenters. The summed E-state index contributed by atoms with van der Waals surface area (Å²) in [6.45, 7) is 5.32. The van der Waals surface area contributed by atoms with Gasteiger partial charge in [0.15, 0.2) is 5.58 Å². The molecule has 1 atom stereocenters. The molecule has 2 nitrogen and oxygen atoms in total. The van der Waals surface area contributed by atoms with E-state index >= 15 is 0 Å². The van der Waals surface area contributed by atoms with Crippen LogP contribution >= 0.6 is 11.6 Å². The van der Waals surface area contributed by atoms with E-state index in [4.69, 9.17) is 16.0 Å². The molecule has 2 rings (SSSR count). The Hall–Kier alpha value is -0.990. The van der Waals surface area contributed by atoms with Crippen LogP contribution in [0.2, 0.25) is 5.02 Å². The van der Waals surface area contributed by atoms with Crippen LogP contribution in [0.4, 0.5) is 0 Å². The van der Waals surface area contributed by atoms with Crippen molar-refractivity contribution in [3.05, 3.63) is 35.0 Å². The molecule has 0 amide bonds. The summed E-state index contributed by atoms with van der Waals surface area (Å²) in [5.74, 6) is 1.01. The van der Waals surface area contributed by atoms with Gasteiger partial charge in [-0.1, -0.05) is 63.3 Å². The van der Waals surface area contributed by atoms with Crippen molar-refractivity contribution in [2.75, 3.05) is 6.54 Å². The van der Waals surface area contributed by atoms with Crippen LogP contribution in [0.15, 0.2) is 28.7 Å². The highest BCUT2D eigenvalue weighted by Gasteiger charge is 2.16. The SMILES string of the molecule is CCCCCCC(NCC)c1cc2cccc(Cl)c2o1. The molecule has 1 aromatic heterocycles. The quantitative estimate of drug-likeness (QED) is 0.631. The van der Waals surface area contributed by atoms with Crippen LogP contribution < -0.4 is 5.32 Å². The van der Waals surface area contributed by atoms with Crippen molar-refractivity contribution in [3.8, 4) is 0 Å². The molecule has 0 radical (unpaired) electrons. The first kappa shape index (κ1) is 15.4. The number of nitrogens with one attached hydrogen (secondary N) is 1. The van der Waals surface area contributed by atoms with Gasteiger partial charge in [-0.05, 0) is 25.1 Å². The summed E-state index contributed by atoms with van der Waals surface area (Å²) in [5, 5.41) is 5.30. The molecule has 0 saturated carbocycles. The number of rotatable bonds is 8. The lowest BCUT2D eigenvalue weighted by Gasteiger charge is -2.15. The molecule has 0 spiro atoms. The van der Waals surface area contributed by atoms with Gasteiger partial charge in [0.1, 0.15) is 5.76 Å². The minimum atomic E-state index is 0.292. The number of hydrogen-bond acceptors (Lipinski definition) is 2. The summed E-state index contributed by atoms with van der Waals surface area (Å²) in [7, 11) is 0. The van der Waals surface area contributed by atoms with Crippen molar-refractivity contribution < 1.29 is 4.42 Å². The van der Waals surface area contributed by atoms with E-state index in [0.717, 1.165) is 29.7 Å². The zero-order chi connectivity index (χ0) is 14.4. The minimum absolute atomic E-state index is 0.292. The molecule has 1 N–H and O–H groups in total. The van der Waals surface area contributed by atoms with Gasteiger partial charge in [-0.2, -0.15) is 0 Å². The minimum Gasteiger partial charge on any atom is -0.458 e. The molecule has 1 heterocycles. The van der Waals surface area contributed by atoms with E-state index in [0.29, 0.717) is 11.1 Å². The van der Waals surface area contributed by atoms with Gasteiger partial charge in [0.2, 0.25) is 0 Å². The second-order valence-corrected chi connectivity index (χ2v) is 5.67. The Balaban J connectivity index is 2.12. The highest BCUT2D eigenvalue weighted by atomic mass is 35.5.